The molecule has 5 nitrogen and oxygen atoms in total. The van der Waals surface area contributed by atoms with Crippen molar-refractivity contribution < 1.29 is 14.3 Å². The highest BCUT2D eigenvalue weighted by Crippen LogP contribution is 2.24. The summed E-state index contributed by atoms with van der Waals surface area (Å²) in [6, 6.07) is -0.383. The van der Waals surface area contributed by atoms with Crippen molar-refractivity contribution in [1.29, 1.82) is 0 Å². The maximum Gasteiger partial charge on any atom is 0.250 e. The zero-order valence-corrected chi connectivity index (χ0v) is 14.4. The van der Waals surface area contributed by atoms with Crippen LogP contribution in [0.1, 0.15) is 40.0 Å². The lowest BCUT2D eigenvalue weighted by Crippen LogP contribution is -2.51. The first-order valence-electron chi connectivity index (χ1n) is 8.02. The van der Waals surface area contributed by atoms with Gasteiger partial charge in [0.25, 0.3) is 5.91 Å². The summed E-state index contributed by atoms with van der Waals surface area (Å²) >= 11 is 1.63. The lowest BCUT2D eigenvalue weighted by molar-refractivity contribution is -0.136. The van der Waals surface area contributed by atoms with E-state index in [4.69, 9.17) is 4.74 Å². The summed E-state index contributed by atoms with van der Waals surface area (Å²) in [6.07, 6.45) is 4.88. The summed E-state index contributed by atoms with van der Waals surface area (Å²) in [6.45, 7) is 6.57. The lowest BCUT2D eigenvalue weighted by Gasteiger charge is -2.26. The Kier molecular flexibility index (Phi) is 6.32. The number of nitrogens with zero attached hydrogens (tertiary/aromatic N) is 1. The summed E-state index contributed by atoms with van der Waals surface area (Å²) < 4.78 is 5.61. The molecule has 6 heteroatoms. The second-order valence-electron chi connectivity index (χ2n) is 5.93. The summed E-state index contributed by atoms with van der Waals surface area (Å²) in [5.41, 5.74) is 0.718. The number of thioether (sulfide) groups is 1. The molecule has 0 radical (unpaired) electrons. The molecule has 2 amide bonds. The zero-order valence-electron chi connectivity index (χ0n) is 13.6. The Morgan fingerprint density at radius 3 is 2.91 bits per heavy atom. The largest absolute Gasteiger partial charge is 0.376 e. The second kappa shape index (κ2) is 8.02. The van der Waals surface area contributed by atoms with Gasteiger partial charge >= 0.3 is 0 Å². The average Bonchev–Trinajstić information content (AvgIpc) is 3.17. The van der Waals surface area contributed by atoms with Gasteiger partial charge in [-0.3, -0.25) is 9.59 Å². The highest BCUT2D eigenvalue weighted by molar-refractivity contribution is 7.99. The molecule has 2 saturated heterocycles. The fourth-order valence-electron chi connectivity index (χ4n) is 2.89. The van der Waals surface area contributed by atoms with E-state index >= 15 is 0 Å². The fraction of sp³-hybridized carbons (Fsp3) is 0.750. The molecule has 2 heterocycles. The van der Waals surface area contributed by atoms with Crippen LogP contribution in [-0.2, 0) is 14.3 Å². The summed E-state index contributed by atoms with van der Waals surface area (Å²) in [4.78, 5) is 26.6. The number of rotatable bonds is 5. The Labute approximate surface area is 136 Å². The SMILES string of the molecule is CC/C=C(/C)C(=O)N1CSC[C@@H]1C(=O)N[C@H](C)[C@H]1CCCO1. The summed E-state index contributed by atoms with van der Waals surface area (Å²) in [5.74, 6) is 1.15. The van der Waals surface area contributed by atoms with E-state index in [-0.39, 0.29) is 30.0 Å². The van der Waals surface area contributed by atoms with Crippen LogP contribution >= 0.6 is 11.8 Å². The molecule has 2 aliphatic heterocycles. The molecule has 2 aliphatic rings. The van der Waals surface area contributed by atoms with E-state index in [2.05, 4.69) is 5.32 Å². The number of carbonyl (C=O) groups excluding carboxylic acids is 2. The highest BCUT2D eigenvalue weighted by Gasteiger charge is 2.36. The third kappa shape index (κ3) is 4.04. The number of amides is 2. The van der Waals surface area contributed by atoms with Gasteiger partial charge in [-0.2, -0.15) is 0 Å². The van der Waals surface area contributed by atoms with Gasteiger partial charge in [-0.25, -0.2) is 0 Å². The van der Waals surface area contributed by atoms with Gasteiger partial charge in [-0.05, 0) is 33.1 Å². The van der Waals surface area contributed by atoms with E-state index in [0.717, 1.165) is 31.4 Å². The molecule has 0 bridgehead atoms. The molecule has 124 valence electrons. The molecule has 0 spiro atoms. The minimum Gasteiger partial charge on any atom is -0.376 e. The minimum atomic E-state index is -0.374. The molecule has 3 atom stereocenters. The van der Waals surface area contributed by atoms with E-state index in [1.54, 1.807) is 16.7 Å². The standard InChI is InChI=1S/C16H26N2O3S/c1-4-6-11(2)16(20)18-10-22-9-13(18)15(19)17-12(3)14-7-5-8-21-14/h6,12-14H,4-5,7-10H2,1-3H3,(H,17,19)/b11-6-/t12-,13-,14-/m1/s1. The van der Waals surface area contributed by atoms with Gasteiger partial charge < -0.3 is 15.0 Å². The van der Waals surface area contributed by atoms with Crippen LogP contribution in [0.2, 0.25) is 0 Å². The highest BCUT2D eigenvalue weighted by atomic mass is 32.2. The fourth-order valence-corrected chi connectivity index (χ4v) is 4.04. The molecule has 0 aromatic carbocycles. The molecule has 0 aliphatic carbocycles. The van der Waals surface area contributed by atoms with Gasteiger partial charge in [0.2, 0.25) is 5.91 Å². The van der Waals surface area contributed by atoms with Crippen LogP contribution in [0.15, 0.2) is 11.6 Å². The van der Waals surface area contributed by atoms with E-state index in [1.165, 1.54) is 0 Å². The van der Waals surface area contributed by atoms with Crippen molar-refractivity contribution in [2.24, 2.45) is 0 Å². The quantitative estimate of drug-likeness (QED) is 0.784. The topological polar surface area (TPSA) is 58.6 Å². The average molecular weight is 326 g/mol. The first-order valence-corrected chi connectivity index (χ1v) is 9.17. The maximum atomic E-state index is 12.5. The van der Waals surface area contributed by atoms with Crippen molar-refractivity contribution in [1.82, 2.24) is 10.2 Å². The molecule has 0 unspecified atom stereocenters. The third-order valence-corrected chi connectivity index (χ3v) is 5.20. The number of carbonyl (C=O) groups is 2. The molecule has 22 heavy (non-hydrogen) atoms. The molecular weight excluding hydrogens is 300 g/mol. The van der Waals surface area contributed by atoms with Gasteiger partial charge in [0.15, 0.2) is 0 Å². The first kappa shape index (κ1) is 17.3. The van der Waals surface area contributed by atoms with Crippen LogP contribution in [-0.4, -0.2) is 53.1 Å². The number of allylic oxidation sites excluding steroid dienone is 1. The van der Waals surface area contributed by atoms with Crippen molar-refractivity contribution >= 4 is 23.6 Å². The first-order chi connectivity index (χ1) is 10.5. The van der Waals surface area contributed by atoms with Crippen molar-refractivity contribution in [3.63, 3.8) is 0 Å². The molecular formula is C16H26N2O3S. The van der Waals surface area contributed by atoms with E-state index in [9.17, 15) is 9.59 Å². The lowest BCUT2D eigenvalue weighted by atomic mass is 10.1. The van der Waals surface area contributed by atoms with E-state index in [1.807, 2.05) is 26.8 Å². The molecule has 2 fully saturated rings. The van der Waals surface area contributed by atoms with Gasteiger partial charge in [-0.15, -0.1) is 11.8 Å². The second-order valence-corrected chi connectivity index (χ2v) is 6.93. The number of nitrogens with one attached hydrogen (secondary N) is 1. The predicted molar refractivity (Wildman–Crippen MR) is 88.6 cm³/mol. The number of ether oxygens (including phenoxy) is 1. The van der Waals surface area contributed by atoms with Gasteiger partial charge in [0, 0.05) is 17.9 Å². The molecule has 1 N–H and O–H groups in total. The van der Waals surface area contributed by atoms with Crippen LogP contribution in [0, 0.1) is 0 Å². The Morgan fingerprint density at radius 1 is 1.50 bits per heavy atom. The van der Waals surface area contributed by atoms with Crippen molar-refractivity contribution in [3.8, 4) is 0 Å². The zero-order chi connectivity index (χ0) is 16.1. The van der Waals surface area contributed by atoms with Gasteiger partial charge in [0.1, 0.15) is 6.04 Å². The van der Waals surface area contributed by atoms with Gasteiger partial charge in [-0.1, -0.05) is 13.0 Å². The van der Waals surface area contributed by atoms with Crippen LogP contribution in [0.3, 0.4) is 0 Å². The Balaban J connectivity index is 1.95. The van der Waals surface area contributed by atoms with Crippen molar-refractivity contribution in [2.75, 3.05) is 18.2 Å². The smallest absolute Gasteiger partial charge is 0.250 e. The van der Waals surface area contributed by atoms with Crippen LogP contribution in [0.25, 0.3) is 0 Å². The molecule has 0 aromatic rings. The predicted octanol–water partition coefficient (Wildman–Crippen LogP) is 1.93. The van der Waals surface area contributed by atoms with Crippen molar-refractivity contribution in [3.05, 3.63) is 11.6 Å². The Hall–Kier alpha value is -1.01. The van der Waals surface area contributed by atoms with Crippen molar-refractivity contribution in [2.45, 2.75) is 58.2 Å². The maximum absolute atomic E-state index is 12.5. The summed E-state index contributed by atoms with van der Waals surface area (Å²) in [7, 11) is 0. The van der Waals surface area contributed by atoms with Gasteiger partial charge in [0.05, 0.1) is 18.0 Å². The normalized spacial score (nSPS) is 27.0. The van der Waals surface area contributed by atoms with Crippen LogP contribution in [0.4, 0.5) is 0 Å². The summed E-state index contributed by atoms with van der Waals surface area (Å²) in [5, 5.41) is 3.03. The van der Waals surface area contributed by atoms with E-state index < -0.39 is 0 Å². The third-order valence-electron chi connectivity index (χ3n) is 4.19. The molecule has 0 saturated carbocycles. The number of hydrogen-bond acceptors (Lipinski definition) is 4. The van der Waals surface area contributed by atoms with Crippen LogP contribution in [0.5, 0.6) is 0 Å². The monoisotopic (exact) mass is 326 g/mol. The Morgan fingerprint density at radius 2 is 2.27 bits per heavy atom. The Bertz CT molecular complexity index is 447. The van der Waals surface area contributed by atoms with Crippen LogP contribution < -0.4 is 5.32 Å². The molecule has 2 rings (SSSR count). The van der Waals surface area contributed by atoms with E-state index in [0.29, 0.717) is 11.6 Å². The minimum absolute atomic E-state index is 0.00941. The molecule has 0 aromatic heterocycles. The number of hydrogen-bond donors (Lipinski definition) is 1.